The van der Waals surface area contributed by atoms with E-state index in [-0.39, 0.29) is 5.92 Å². The molecule has 0 radical (unpaired) electrons. The SMILES string of the molecule is CC=C(c1cccnc1)C(C)c1ccc(Cl)cc1Cl. The van der Waals surface area contributed by atoms with Gasteiger partial charge in [0.05, 0.1) is 0 Å². The molecule has 0 aliphatic heterocycles. The highest BCUT2D eigenvalue weighted by Crippen LogP contribution is 2.36. The standard InChI is InChI=1S/C16H15Cl2N/c1-3-14(12-5-4-8-19-10-12)11(2)15-7-6-13(17)9-16(15)18/h3-11H,1-2H3. The second-order valence-electron chi connectivity index (χ2n) is 4.37. The number of hydrogen-bond donors (Lipinski definition) is 0. The normalized spacial score (nSPS) is 13.4. The summed E-state index contributed by atoms with van der Waals surface area (Å²) in [6, 6.07) is 9.63. The van der Waals surface area contributed by atoms with E-state index < -0.39 is 0 Å². The first-order chi connectivity index (χ1) is 9.13. The molecule has 1 aromatic heterocycles. The molecular formula is C16H15Cl2N. The molecule has 0 aliphatic rings. The van der Waals surface area contributed by atoms with E-state index >= 15 is 0 Å². The molecule has 0 spiro atoms. The molecule has 0 saturated heterocycles. The van der Waals surface area contributed by atoms with Crippen molar-refractivity contribution >= 4 is 28.8 Å². The van der Waals surface area contributed by atoms with Crippen molar-refractivity contribution in [2.24, 2.45) is 0 Å². The summed E-state index contributed by atoms with van der Waals surface area (Å²) in [6.45, 7) is 4.17. The first-order valence-electron chi connectivity index (χ1n) is 6.15. The highest BCUT2D eigenvalue weighted by atomic mass is 35.5. The molecule has 3 heteroatoms. The van der Waals surface area contributed by atoms with Crippen LogP contribution in [0.15, 0.2) is 48.8 Å². The van der Waals surface area contributed by atoms with Gasteiger partial charge in [0, 0.05) is 28.4 Å². The molecule has 0 amide bonds. The Morgan fingerprint density at radius 3 is 2.63 bits per heavy atom. The summed E-state index contributed by atoms with van der Waals surface area (Å²) in [5.74, 6) is 0.193. The molecule has 0 aliphatic carbocycles. The zero-order chi connectivity index (χ0) is 13.8. The van der Waals surface area contributed by atoms with E-state index in [1.54, 1.807) is 12.3 Å². The molecule has 1 atom stereocenters. The minimum absolute atomic E-state index is 0.193. The topological polar surface area (TPSA) is 12.9 Å². The van der Waals surface area contributed by atoms with Gasteiger partial charge in [-0.05, 0) is 41.8 Å². The maximum Gasteiger partial charge on any atom is 0.0458 e. The molecule has 0 saturated carbocycles. The number of allylic oxidation sites excluding steroid dienone is 2. The Hall–Kier alpha value is -1.31. The largest absolute Gasteiger partial charge is 0.264 e. The summed E-state index contributed by atoms with van der Waals surface area (Å²) < 4.78 is 0. The van der Waals surface area contributed by atoms with Gasteiger partial charge in [0.15, 0.2) is 0 Å². The van der Waals surface area contributed by atoms with Gasteiger partial charge in [-0.25, -0.2) is 0 Å². The van der Waals surface area contributed by atoms with Gasteiger partial charge in [-0.2, -0.15) is 0 Å². The monoisotopic (exact) mass is 291 g/mol. The van der Waals surface area contributed by atoms with E-state index in [1.165, 1.54) is 5.57 Å². The number of aromatic nitrogens is 1. The average Bonchev–Trinajstić information content (AvgIpc) is 2.40. The van der Waals surface area contributed by atoms with Gasteiger partial charge >= 0.3 is 0 Å². The van der Waals surface area contributed by atoms with Crippen LogP contribution >= 0.6 is 23.2 Å². The predicted octanol–water partition coefficient (Wildman–Crippen LogP) is 5.60. The average molecular weight is 292 g/mol. The van der Waals surface area contributed by atoms with E-state index in [4.69, 9.17) is 23.2 Å². The fourth-order valence-electron chi connectivity index (χ4n) is 2.22. The Morgan fingerprint density at radius 1 is 1.26 bits per heavy atom. The van der Waals surface area contributed by atoms with Gasteiger partial charge in [0.25, 0.3) is 0 Å². The molecule has 1 unspecified atom stereocenters. The number of nitrogens with zero attached hydrogens (tertiary/aromatic N) is 1. The maximum atomic E-state index is 6.29. The first kappa shape index (κ1) is 14.1. The number of rotatable bonds is 3. The summed E-state index contributed by atoms with van der Waals surface area (Å²) in [4.78, 5) is 4.17. The lowest BCUT2D eigenvalue weighted by molar-refractivity contribution is 0.984. The number of hydrogen-bond acceptors (Lipinski definition) is 1. The molecule has 98 valence electrons. The summed E-state index contributed by atoms with van der Waals surface area (Å²) in [7, 11) is 0. The number of pyridine rings is 1. The quantitative estimate of drug-likeness (QED) is 0.718. The predicted molar refractivity (Wildman–Crippen MR) is 82.8 cm³/mol. The van der Waals surface area contributed by atoms with Crippen molar-refractivity contribution < 1.29 is 0 Å². The van der Waals surface area contributed by atoms with Crippen LogP contribution in [0.4, 0.5) is 0 Å². The fourth-order valence-corrected chi connectivity index (χ4v) is 2.79. The second kappa shape index (κ2) is 6.23. The zero-order valence-electron chi connectivity index (χ0n) is 10.9. The summed E-state index contributed by atoms with van der Waals surface area (Å²) >= 11 is 12.2. The lowest BCUT2D eigenvalue weighted by atomic mass is 9.88. The van der Waals surface area contributed by atoms with Crippen LogP contribution in [-0.4, -0.2) is 4.98 Å². The van der Waals surface area contributed by atoms with Crippen molar-refractivity contribution in [1.29, 1.82) is 0 Å². The van der Waals surface area contributed by atoms with E-state index in [9.17, 15) is 0 Å². The van der Waals surface area contributed by atoms with Crippen LogP contribution in [0.2, 0.25) is 10.0 Å². The molecule has 1 aromatic carbocycles. The van der Waals surface area contributed by atoms with E-state index in [0.29, 0.717) is 10.0 Å². The molecule has 0 fully saturated rings. The first-order valence-corrected chi connectivity index (χ1v) is 6.90. The van der Waals surface area contributed by atoms with Gasteiger partial charge in [0.1, 0.15) is 0 Å². The third kappa shape index (κ3) is 3.17. The van der Waals surface area contributed by atoms with Crippen molar-refractivity contribution in [3.05, 3.63) is 70.0 Å². The van der Waals surface area contributed by atoms with Gasteiger partial charge < -0.3 is 0 Å². The minimum Gasteiger partial charge on any atom is -0.264 e. The fraction of sp³-hybridized carbons (Fsp3) is 0.188. The summed E-state index contributed by atoms with van der Waals surface area (Å²) in [5, 5.41) is 1.35. The highest BCUT2D eigenvalue weighted by Gasteiger charge is 2.15. The van der Waals surface area contributed by atoms with Crippen LogP contribution in [0.3, 0.4) is 0 Å². The Bertz CT molecular complexity index is 591. The Labute approximate surface area is 123 Å². The third-order valence-electron chi connectivity index (χ3n) is 3.20. The lowest BCUT2D eigenvalue weighted by Crippen LogP contribution is -1.99. The number of halogens is 2. The molecule has 0 N–H and O–H groups in total. The van der Waals surface area contributed by atoms with E-state index in [2.05, 4.69) is 24.1 Å². The smallest absolute Gasteiger partial charge is 0.0458 e. The Morgan fingerprint density at radius 2 is 2.05 bits per heavy atom. The van der Waals surface area contributed by atoms with Gasteiger partial charge in [0.2, 0.25) is 0 Å². The second-order valence-corrected chi connectivity index (χ2v) is 5.22. The zero-order valence-corrected chi connectivity index (χ0v) is 12.4. The van der Waals surface area contributed by atoms with Crippen molar-refractivity contribution in [3.8, 4) is 0 Å². The third-order valence-corrected chi connectivity index (χ3v) is 3.76. The van der Waals surface area contributed by atoms with Crippen LogP contribution in [-0.2, 0) is 0 Å². The van der Waals surface area contributed by atoms with Crippen molar-refractivity contribution in [3.63, 3.8) is 0 Å². The minimum atomic E-state index is 0.193. The molecule has 19 heavy (non-hydrogen) atoms. The van der Waals surface area contributed by atoms with Crippen LogP contribution in [0.5, 0.6) is 0 Å². The van der Waals surface area contributed by atoms with Crippen LogP contribution in [0.1, 0.15) is 30.9 Å². The van der Waals surface area contributed by atoms with Crippen LogP contribution in [0.25, 0.3) is 5.57 Å². The van der Waals surface area contributed by atoms with Crippen LogP contribution < -0.4 is 0 Å². The van der Waals surface area contributed by atoms with Crippen molar-refractivity contribution in [1.82, 2.24) is 4.98 Å². The molecule has 2 aromatic rings. The molecule has 1 heterocycles. The molecule has 1 nitrogen and oxygen atoms in total. The summed E-state index contributed by atoms with van der Waals surface area (Å²) in [5.41, 5.74) is 3.39. The van der Waals surface area contributed by atoms with Crippen LogP contribution in [0, 0.1) is 0 Å². The van der Waals surface area contributed by atoms with E-state index in [0.717, 1.165) is 11.1 Å². The van der Waals surface area contributed by atoms with Crippen molar-refractivity contribution in [2.45, 2.75) is 19.8 Å². The molecule has 2 rings (SSSR count). The molecule has 0 bridgehead atoms. The summed E-state index contributed by atoms with van der Waals surface area (Å²) in [6.07, 6.45) is 5.75. The number of benzene rings is 1. The van der Waals surface area contributed by atoms with Gasteiger partial charge in [-0.1, -0.05) is 48.3 Å². The van der Waals surface area contributed by atoms with Gasteiger partial charge in [-0.3, -0.25) is 4.98 Å². The van der Waals surface area contributed by atoms with Crippen molar-refractivity contribution in [2.75, 3.05) is 0 Å². The maximum absolute atomic E-state index is 6.29. The van der Waals surface area contributed by atoms with Gasteiger partial charge in [-0.15, -0.1) is 0 Å². The molecular weight excluding hydrogens is 277 g/mol. The Balaban J connectivity index is 2.40. The van der Waals surface area contributed by atoms with E-state index in [1.807, 2.05) is 31.3 Å². The lowest BCUT2D eigenvalue weighted by Gasteiger charge is -2.18. The highest BCUT2D eigenvalue weighted by molar-refractivity contribution is 6.35. The Kier molecular flexibility index (Phi) is 4.62.